The highest BCUT2D eigenvalue weighted by atomic mass is 16.8. The van der Waals surface area contributed by atoms with Crippen LogP contribution in [0.25, 0.3) is 0 Å². The minimum Gasteiger partial charge on any atom is -0.456 e. The molecular formula is C68H120O30. The van der Waals surface area contributed by atoms with Gasteiger partial charge in [-0.1, -0.05) is 129 Å². The Bertz CT molecular complexity index is 2250. The maximum atomic E-state index is 14.1. The lowest BCUT2D eigenvalue weighted by Crippen LogP contribution is -2.67. The van der Waals surface area contributed by atoms with E-state index in [1.54, 1.807) is 13.8 Å². The predicted molar refractivity (Wildman–Crippen MR) is 341 cm³/mol. The van der Waals surface area contributed by atoms with Crippen LogP contribution >= 0.6 is 0 Å². The van der Waals surface area contributed by atoms with Gasteiger partial charge in [0.1, 0.15) is 104 Å². The first-order valence-corrected chi connectivity index (χ1v) is 36.6. The van der Waals surface area contributed by atoms with E-state index in [0.717, 1.165) is 103 Å². The molecule has 0 bridgehead atoms. The zero-order valence-electron chi connectivity index (χ0n) is 58.1. The summed E-state index contributed by atoms with van der Waals surface area (Å²) < 4.78 is 86.5. The van der Waals surface area contributed by atoms with Gasteiger partial charge < -0.3 is 138 Å². The normalized spacial score (nSPS) is 43.3. The number of aliphatic hydroxyl groups is 14. The van der Waals surface area contributed by atoms with Crippen molar-refractivity contribution in [3.8, 4) is 0 Å². The fourth-order valence-corrected chi connectivity index (χ4v) is 13.9. The molecule has 30 nitrogen and oxygen atoms in total. The molecule has 0 aromatic heterocycles. The molecule has 7 aliphatic heterocycles. The molecule has 98 heavy (non-hydrogen) atoms. The van der Waals surface area contributed by atoms with Crippen LogP contribution in [-0.2, 0) is 75.9 Å². The second-order valence-electron chi connectivity index (χ2n) is 28.0. The van der Waals surface area contributed by atoms with Gasteiger partial charge in [-0.15, -0.1) is 0 Å². The summed E-state index contributed by atoms with van der Waals surface area (Å²) in [5, 5.41) is 155. The number of fused-ring (bicyclic) bond motifs is 3. The zero-order chi connectivity index (χ0) is 71.3. The maximum Gasteiger partial charge on any atom is 0.306 e. The van der Waals surface area contributed by atoms with Crippen LogP contribution in [0.5, 0.6) is 0 Å². The first-order valence-electron chi connectivity index (χ1n) is 36.6. The Hall–Kier alpha value is -2.10. The van der Waals surface area contributed by atoms with Gasteiger partial charge >= 0.3 is 11.9 Å². The number of rotatable bonds is 27. The Labute approximate surface area is 575 Å². The first-order chi connectivity index (χ1) is 46.9. The average molecular weight is 1420 g/mol. The summed E-state index contributed by atoms with van der Waals surface area (Å²) in [4.78, 5) is 27.5. The highest BCUT2D eigenvalue weighted by Gasteiger charge is 2.58. The molecule has 32 unspecified atom stereocenters. The topological polar surface area (TPSA) is 447 Å². The molecule has 7 rings (SSSR count). The third-order valence-corrected chi connectivity index (χ3v) is 20.2. The number of hydrogen-bond donors (Lipinski definition) is 14. The Morgan fingerprint density at radius 3 is 1.55 bits per heavy atom. The average Bonchev–Trinajstić information content (AvgIpc) is 0.782. The minimum absolute atomic E-state index is 0.0112. The predicted octanol–water partition coefficient (Wildman–Crippen LogP) is 1.06. The van der Waals surface area contributed by atoms with E-state index in [0.29, 0.717) is 51.4 Å². The van der Waals surface area contributed by atoms with Gasteiger partial charge in [0.2, 0.25) is 0 Å². The van der Waals surface area contributed by atoms with Crippen molar-refractivity contribution in [2.45, 2.75) is 405 Å². The lowest BCUT2D eigenvalue weighted by Gasteiger charge is -2.49. The van der Waals surface area contributed by atoms with Crippen molar-refractivity contribution in [2.24, 2.45) is 0 Å². The van der Waals surface area contributed by atoms with Crippen LogP contribution in [-0.4, -0.2) is 293 Å². The quantitative estimate of drug-likeness (QED) is 0.0404. The number of ether oxygens (including phenoxy) is 14. The van der Waals surface area contributed by atoms with E-state index in [1.165, 1.54) is 13.8 Å². The summed E-state index contributed by atoms with van der Waals surface area (Å²) >= 11 is 0. The van der Waals surface area contributed by atoms with Crippen molar-refractivity contribution in [2.75, 3.05) is 13.2 Å². The molecule has 32 atom stereocenters. The molecule has 0 aromatic rings. The lowest BCUT2D eigenvalue weighted by molar-refractivity contribution is -0.393. The number of esters is 2. The molecule has 0 amide bonds. The molecule has 0 spiro atoms. The second kappa shape index (κ2) is 41.6. The first kappa shape index (κ1) is 83.2. The maximum absolute atomic E-state index is 14.1. The number of hydrogen-bond acceptors (Lipinski definition) is 30. The Balaban J connectivity index is 0.992. The van der Waals surface area contributed by atoms with Crippen LogP contribution in [0.15, 0.2) is 0 Å². The monoisotopic (exact) mass is 1420 g/mol. The summed E-state index contributed by atoms with van der Waals surface area (Å²) in [6, 6.07) is 0. The van der Waals surface area contributed by atoms with Gasteiger partial charge in [0, 0.05) is 12.8 Å². The van der Waals surface area contributed by atoms with Gasteiger partial charge in [0.05, 0.1) is 49.8 Å². The summed E-state index contributed by atoms with van der Waals surface area (Å²) in [6.07, 6.45) is -28.7. The molecule has 0 aliphatic carbocycles. The van der Waals surface area contributed by atoms with E-state index in [9.17, 15) is 81.1 Å². The van der Waals surface area contributed by atoms with Crippen molar-refractivity contribution in [1.29, 1.82) is 0 Å². The zero-order valence-corrected chi connectivity index (χ0v) is 58.1. The van der Waals surface area contributed by atoms with Gasteiger partial charge in [0.25, 0.3) is 0 Å². The van der Waals surface area contributed by atoms with Crippen molar-refractivity contribution in [1.82, 2.24) is 0 Å². The molecule has 0 saturated carbocycles. The highest BCUT2D eigenvalue weighted by molar-refractivity contribution is 5.70. The Morgan fingerprint density at radius 1 is 0.429 bits per heavy atom. The SMILES string of the molecule is CCCCCC(CCCCCCCCCC(=O)OC1C(O)C(CO)OC2OC3C(OC(CCCCC)CCCCCCCCCC(=O)OC4C(OC(C)C(O)C4O)OC21)OC(C)C(O)C3O)OC1OC(C)C(O)C(O)C1OC1OC(CO)C(O)C(O)C1OC1OC(C)C(O)C(O)C1O. The third kappa shape index (κ3) is 23.0. The van der Waals surface area contributed by atoms with Crippen molar-refractivity contribution in [3.63, 3.8) is 0 Å². The van der Waals surface area contributed by atoms with E-state index in [4.69, 9.17) is 66.3 Å². The van der Waals surface area contributed by atoms with Crippen LogP contribution in [0.4, 0.5) is 0 Å². The molecule has 7 fully saturated rings. The van der Waals surface area contributed by atoms with E-state index in [-0.39, 0.29) is 18.9 Å². The largest absolute Gasteiger partial charge is 0.456 e. The summed E-state index contributed by atoms with van der Waals surface area (Å²) in [6.45, 7) is 8.57. The van der Waals surface area contributed by atoms with Crippen LogP contribution < -0.4 is 0 Å². The number of carbonyl (C=O) groups excluding carboxylic acids is 2. The van der Waals surface area contributed by atoms with Gasteiger partial charge in [-0.2, -0.15) is 0 Å². The van der Waals surface area contributed by atoms with Crippen molar-refractivity contribution >= 4 is 11.9 Å². The Kier molecular flexibility index (Phi) is 35.3. The van der Waals surface area contributed by atoms with E-state index in [2.05, 4.69) is 13.8 Å². The molecule has 7 aliphatic rings. The number of unbranched alkanes of at least 4 members (excludes halogenated alkanes) is 10. The second-order valence-corrected chi connectivity index (χ2v) is 28.0. The standard InChI is InChI=1S/C68H120O30/c1-7-9-21-27-39(89-64-59(53(81)47(75)36(4)86-64)96-67-61(55(83)49(77)41(33-69)91-67)95-63-56(84)51(79)45(73)35(3)85-63)29-23-17-13-11-15-19-25-31-43(71)93-57-50(78)42(34-70)92-68-62(57)98-66-58(52(80)46(74)38(6)88-66)94-44(72)32-26-20-16-12-14-18-24-30-40(28-22-10-8-2)90-65-60(97-68)54(82)48(76)37(5)87-65/h35-42,45-70,73-84H,7-34H2,1-6H3. The van der Waals surface area contributed by atoms with Gasteiger partial charge in [0.15, 0.2) is 56.1 Å². The molecule has 0 aromatic carbocycles. The molecule has 7 saturated heterocycles. The third-order valence-electron chi connectivity index (χ3n) is 20.2. The van der Waals surface area contributed by atoms with E-state index >= 15 is 0 Å². The molecular weight excluding hydrogens is 1300 g/mol. The smallest absolute Gasteiger partial charge is 0.306 e. The highest BCUT2D eigenvalue weighted by Crippen LogP contribution is 2.39. The van der Waals surface area contributed by atoms with Gasteiger partial charge in [-0.3, -0.25) is 9.59 Å². The minimum atomic E-state index is -1.85. The number of aliphatic hydroxyl groups excluding tert-OH is 14. The van der Waals surface area contributed by atoms with Crippen LogP contribution in [0, 0.1) is 0 Å². The van der Waals surface area contributed by atoms with Crippen LogP contribution in [0.1, 0.15) is 208 Å². The summed E-state index contributed by atoms with van der Waals surface area (Å²) in [5.41, 5.74) is 0. The molecule has 7 heterocycles. The molecule has 572 valence electrons. The molecule has 0 radical (unpaired) electrons. The number of carbonyl (C=O) groups is 2. The molecule has 14 N–H and O–H groups in total. The van der Waals surface area contributed by atoms with Crippen molar-refractivity contribution in [3.05, 3.63) is 0 Å². The lowest BCUT2D eigenvalue weighted by atomic mass is 9.96. The summed E-state index contributed by atoms with van der Waals surface area (Å²) in [7, 11) is 0. The van der Waals surface area contributed by atoms with Crippen molar-refractivity contribution < 1.29 is 147 Å². The van der Waals surface area contributed by atoms with E-state index < -0.39 is 215 Å². The van der Waals surface area contributed by atoms with Crippen LogP contribution in [0.3, 0.4) is 0 Å². The van der Waals surface area contributed by atoms with Gasteiger partial charge in [-0.25, -0.2) is 0 Å². The van der Waals surface area contributed by atoms with Crippen LogP contribution in [0.2, 0.25) is 0 Å². The summed E-state index contributed by atoms with van der Waals surface area (Å²) in [5.74, 6) is -1.47. The fraction of sp³-hybridized carbons (Fsp3) is 0.971. The van der Waals surface area contributed by atoms with Gasteiger partial charge in [-0.05, 0) is 66.2 Å². The fourth-order valence-electron chi connectivity index (χ4n) is 13.9. The molecule has 30 heteroatoms. The Morgan fingerprint density at radius 2 is 0.908 bits per heavy atom. The van der Waals surface area contributed by atoms with E-state index in [1.807, 2.05) is 0 Å².